The quantitative estimate of drug-likeness (QED) is 0.543. The number of benzene rings is 3. The van der Waals surface area contributed by atoms with E-state index in [0.717, 1.165) is 29.2 Å². The molecule has 0 bridgehead atoms. The van der Waals surface area contributed by atoms with Crippen molar-refractivity contribution in [2.45, 2.75) is 17.8 Å². The molecule has 0 unspecified atom stereocenters. The molecule has 6 rings (SSSR count). The first-order valence-corrected chi connectivity index (χ1v) is 11.6. The summed E-state index contributed by atoms with van der Waals surface area (Å²) >= 11 is 6.12. The van der Waals surface area contributed by atoms with Crippen molar-refractivity contribution in [1.29, 1.82) is 0 Å². The lowest BCUT2D eigenvalue weighted by Crippen LogP contribution is -2.40. The lowest BCUT2D eigenvalue weighted by Gasteiger charge is -2.27. The molecule has 5 heteroatoms. The van der Waals surface area contributed by atoms with Crippen LogP contribution in [0.2, 0.25) is 5.02 Å². The maximum Gasteiger partial charge on any atom is 0.254 e. The Hall–Kier alpha value is -2.82. The molecule has 1 saturated carbocycles. The van der Waals surface area contributed by atoms with Crippen molar-refractivity contribution in [3.05, 3.63) is 94.5 Å². The zero-order valence-electron chi connectivity index (χ0n) is 17.8. The minimum absolute atomic E-state index is 0.0859. The van der Waals surface area contributed by atoms with Gasteiger partial charge in [-0.3, -0.25) is 4.79 Å². The van der Waals surface area contributed by atoms with Crippen LogP contribution >= 0.6 is 11.6 Å². The Bertz CT molecular complexity index is 1170. The maximum absolute atomic E-state index is 13.1. The Morgan fingerprint density at radius 2 is 1.75 bits per heavy atom. The normalized spacial score (nSPS) is 24.0. The van der Waals surface area contributed by atoms with Crippen molar-refractivity contribution in [1.82, 2.24) is 4.90 Å². The average molecular weight is 445 g/mol. The SMILES string of the molecule is O=C(c1cccc(N2C[C@@]3(C[C@@H]3c3ccc(Cl)cc3)c3ccccc32)c1)N1CCOCC1. The number of fused-ring (bicyclic) bond motifs is 2. The highest BCUT2D eigenvalue weighted by Crippen LogP contribution is 2.66. The molecule has 3 aromatic carbocycles. The van der Waals surface area contributed by atoms with Crippen LogP contribution in [0.4, 0.5) is 11.4 Å². The van der Waals surface area contributed by atoms with Crippen molar-refractivity contribution in [3.8, 4) is 0 Å². The maximum atomic E-state index is 13.1. The molecular formula is C27H25ClN2O2. The Morgan fingerprint density at radius 3 is 2.56 bits per heavy atom. The fraction of sp³-hybridized carbons (Fsp3) is 0.296. The van der Waals surface area contributed by atoms with Gasteiger partial charge in [-0.2, -0.15) is 0 Å². The summed E-state index contributed by atoms with van der Waals surface area (Å²) in [5.74, 6) is 0.576. The third kappa shape index (κ3) is 3.21. The molecule has 0 N–H and O–H groups in total. The number of nitrogens with zero attached hydrogens (tertiary/aromatic N) is 2. The zero-order chi connectivity index (χ0) is 21.7. The summed E-state index contributed by atoms with van der Waals surface area (Å²) in [6.07, 6.45) is 1.13. The number of ether oxygens (including phenoxy) is 1. The fourth-order valence-corrected chi connectivity index (χ4v) is 5.60. The highest BCUT2D eigenvalue weighted by Gasteiger charge is 2.60. The van der Waals surface area contributed by atoms with Gasteiger partial charge in [-0.05, 0) is 59.9 Å². The number of morpholine rings is 1. The molecule has 2 atom stereocenters. The van der Waals surface area contributed by atoms with Gasteiger partial charge in [-0.1, -0.05) is 48.0 Å². The van der Waals surface area contributed by atoms with Crippen molar-refractivity contribution >= 4 is 28.9 Å². The molecule has 0 radical (unpaired) electrons. The Kier molecular flexibility index (Phi) is 4.74. The predicted molar refractivity (Wildman–Crippen MR) is 127 cm³/mol. The van der Waals surface area contributed by atoms with Gasteiger partial charge in [0.2, 0.25) is 0 Å². The number of rotatable bonds is 3. The molecule has 1 amide bonds. The molecule has 32 heavy (non-hydrogen) atoms. The summed E-state index contributed by atoms with van der Waals surface area (Å²) in [6.45, 7) is 3.46. The third-order valence-corrected chi connectivity index (χ3v) is 7.47. The number of carbonyl (C=O) groups excluding carboxylic acids is 1. The second-order valence-corrected chi connectivity index (χ2v) is 9.46. The van der Waals surface area contributed by atoms with E-state index in [1.165, 1.54) is 16.8 Å². The van der Waals surface area contributed by atoms with Crippen LogP contribution in [0.1, 0.15) is 33.8 Å². The first kappa shape index (κ1) is 19.8. The van der Waals surface area contributed by atoms with Crippen molar-refractivity contribution < 1.29 is 9.53 Å². The van der Waals surface area contributed by atoms with Gasteiger partial charge in [-0.15, -0.1) is 0 Å². The van der Waals surface area contributed by atoms with Crippen LogP contribution in [0, 0.1) is 0 Å². The van der Waals surface area contributed by atoms with Crippen LogP contribution in [0.3, 0.4) is 0 Å². The Balaban J connectivity index is 1.32. The van der Waals surface area contributed by atoms with E-state index in [4.69, 9.17) is 16.3 Å². The molecular weight excluding hydrogens is 420 g/mol. The third-order valence-electron chi connectivity index (χ3n) is 7.22. The summed E-state index contributed by atoms with van der Waals surface area (Å²) < 4.78 is 5.40. The number of amides is 1. The minimum atomic E-state index is 0.0859. The second-order valence-electron chi connectivity index (χ2n) is 9.02. The topological polar surface area (TPSA) is 32.8 Å². The zero-order valence-corrected chi connectivity index (χ0v) is 18.6. The molecule has 0 aromatic heterocycles. The molecule has 1 spiro atoms. The molecule has 3 aromatic rings. The Morgan fingerprint density at radius 1 is 0.969 bits per heavy atom. The van der Waals surface area contributed by atoms with Crippen LogP contribution < -0.4 is 4.90 Å². The summed E-state index contributed by atoms with van der Waals surface area (Å²) in [7, 11) is 0. The van der Waals surface area contributed by atoms with E-state index in [1.807, 2.05) is 35.2 Å². The van der Waals surface area contributed by atoms with Gasteiger partial charge in [-0.25, -0.2) is 0 Å². The number of para-hydroxylation sites is 1. The van der Waals surface area contributed by atoms with Crippen LogP contribution in [0.25, 0.3) is 0 Å². The molecule has 162 valence electrons. The highest BCUT2D eigenvalue weighted by atomic mass is 35.5. The molecule has 1 aliphatic carbocycles. The van der Waals surface area contributed by atoms with Crippen LogP contribution in [0.5, 0.6) is 0 Å². The summed E-state index contributed by atoms with van der Waals surface area (Å²) in [5, 5.41) is 0.777. The fourth-order valence-electron chi connectivity index (χ4n) is 5.48. The molecule has 2 fully saturated rings. The second kappa shape index (κ2) is 7.65. The van der Waals surface area contributed by atoms with Gasteiger partial charge >= 0.3 is 0 Å². The molecule has 2 heterocycles. The highest BCUT2D eigenvalue weighted by molar-refractivity contribution is 6.30. The summed E-state index contributed by atoms with van der Waals surface area (Å²) in [6, 6.07) is 25.1. The Labute approximate surface area is 193 Å². The van der Waals surface area contributed by atoms with Crippen molar-refractivity contribution in [2.75, 3.05) is 37.7 Å². The smallest absolute Gasteiger partial charge is 0.254 e. The van der Waals surface area contributed by atoms with Gasteiger partial charge < -0.3 is 14.5 Å². The van der Waals surface area contributed by atoms with Crippen LogP contribution in [0.15, 0.2) is 72.8 Å². The first-order valence-electron chi connectivity index (χ1n) is 11.3. The monoisotopic (exact) mass is 444 g/mol. The van der Waals surface area contributed by atoms with E-state index >= 15 is 0 Å². The first-order chi connectivity index (χ1) is 15.7. The predicted octanol–water partition coefficient (Wildman–Crippen LogP) is 5.39. The molecule has 3 aliphatic rings. The van der Waals surface area contributed by atoms with Gasteiger partial charge in [0.05, 0.1) is 13.2 Å². The number of anilines is 2. The summed E-state index contributed by atoms with van der Waals surface area (Å²) in [5.41, 5.74) is 5.95. The van der Waals surface area contributed by atoms with E-state index < -0.39 is 0 Å². The number of hydrogen-bond donors (Lipinski definition) is 0. The molecule has 2 aliphatic heterocycles. The number of carbonyl (C=O) groups is 1. The standard InChI is InChI=1S/C27H25ClN2O2/c28-21-10-8-19(9-11-21)24-17-27(24)18-30(25-7-2-1-6-23(25)27)22-5-3-4-20(16-22)26(31)29-12-14-32-15-13-29/h1-11,16,24H,12-15,17-18H2/t24-,27+/m1/s1. The van der Waals surface area contributed by atoms with Crippen LogP contribution in [-0.4, -0.2) is 43.7 Å². The van der Waals surface area contributed by atoms with Crippen molar-refractivity contribution in [3.63, 3.8) is 0 Å². The summed E-state index contributed by atoms with van der Waals surface area (Å²) in [4.78, 5) is 17.3. The lowest BCUT2D eigenvalue weighted by molar-refractivity contribution is 0.0303. The molecule has 1 saturated heterocycles. The van der Waals surface area contributed by atoms with E-state index in [2.05, 4.69) is 47.4 Å². The van der Waals surface area contributed by atoms with Crippen molar-refractivity contribution in [2.24, 2.45) is 0 Å². The average Bonchev–Trinajstić information content (AvgIpc) is 3.48. The lowest BCUT2D eigenvalue weighted by atomic mass is 9.93. The minimum Gasteiger partial charge on any atom is -0.378 e. The van der Waals surface area contributed by atoms with E-state index in [-0.39, 0.29) is 11.3 Å². The van der Waals surface area contributed by atoms with Crippen LogP contribution in [-0.2, 0) is 10.2 Å². The van der Waals surface area contributed by atoms with E-state index in [0.29, 0.717) is 32.2 Å². The van der Waals surface area contributed by atoms with Gasteiger partial charge in [0, 0.05) is 47.0 Å². The molecule has 4 nitrogen and oxygen atoms in total. The van der Waals surface area contributed by atoms with E-state index in [1.54, 1.807) is 0 Å². The number of hydrogen-bond acceptors (Lipinski definition) is 3. The van der Waals surface area contributed by atoms with Gasteiger partial charge in [0.25, 0.3) is 5.91 Å². The van der Waals surface area contributed by atoms with E-state index in [9.17, 15) is 4.79 Å². The number of halogens is 1. The van der Waals surface area contributed by atoms with Gasteiger partial charge in [0.1, 0.15) is 0 Å². The largest absolute Gasteiger partial charge is 0.378 e. The van der Waals surface area contributed by atoms with Gasteiger partial charge in [0.15, 0.2) is 0 Å².